The summed E-state index contributed by atoms with van der Waals surface area (Å²) in [6.45, 7) is 3.11. The molecule has 0 saturated heterocycles. The molecule has 0 spiro atoms. The van der Waals surface area contributed by atoms with E-state index in [2.05, 4.69) is 5.32 Å². The van der Waals surface area contributed by atoms with E-state index in [1.54, 1.807) is 44.2 Å². The van der Waals surface area contributed by atoms with Crippen molar-refractivity contribution in [2.75, 3.05) is 18.1 Å². The normalized spacial score (nSPS) is 12.6. The highest BCUT2D eigenvalue weighted by atomic mass is 16.5. The second-order valence-corrected chi connectivity index (χ2v) is 6.87. The Bertz CT molecular complexity index is 826. The number of carboxylic acid groups (broad SMARTS) is 1. The minimum absolute atomic E-state index is 0.236. The van der Waals surface area contributed by atoms with Crippen LogP contribution >= 0.6 is 0 Å². The first-order chi connectivity index (χ1) is 14.4. The molecule has 7 nitrogen and oxygen atoms in total. The predicted molar refractivity (Wildman–Crippen MR) is 114 cm³/mol. The maximum Gasteiger partial charge on any atom is 0.323 e. The van der Waals surface area contributed by atoms with Gasteiger partial charge in [-0.3, -0.25) is 24.6 Å². The number of rotatable bonds is 11. The van der Waals surface area contributed by atoms with Crippen LogP contribution in [0.4, 0.5) is 5.69 Å². The van der Waals surface area contributed by atoms with E-state index in [1.165, 1.54) is 4.90 Å². The third kappa shape index (κ3) is 7.00. The lowest BCUT2D eigenvalue weighted by atomic mass is 10.0. The van der Waals surface area contributed by atoms with Gasteiger partial charge in [-0.05, 0) is 44.4 Å². The fourth-order valence-corrected chi connectivity index (χ4v) is 3.11. The van der Waals surface area contributed by atoms with Gasteiger partial charge in [-0.2, -0.15) is 0 Å². The largest absolute Gasteiger partial charge is 0.480 e. The zero-order valence-electron chi connectivity index (χ0n) is 17.3. The molecule has 0 aromatic heterocycles. The lowest BCUT2D eigenvalue weighted by Gasteiger charge is -2.27. The van der Waals surface area contributed by atoms with Crippen LogP contribution in [0.5, 0.6) is 0 Å². The summed E-state index contributed by atoms with van der Waals surface area (Å²) in [5.74, 6) is -1.99. The molecule has 0 radical (unpaired) electrons. The van der Waals surface area contributed by atoms with E-state index in [9.17, 15) is 19.5 Å². The second kappa shape index (κ2) is 11.7. The molecule has 0 saturated carbocycles. The summed E-state index contributed by atoms with van der Waals surface area (Å²) in [5, 5.41) is 12.3. The number of carbonyl (C=O) groups excluding carboxylic acids is 2. The van der Waals surface area contributed by atoms with Crippen molar-refractivity contribution in [3.8, 4) is 0 Å². The number of benzene rings is 2. The van der Waals surface area contributed by atoms with Crippen LogP contribution in [0.25, 0.3) is 0 Å². The first-order valence-corrected chi connectivity index (χ1v) is 9.97. The summed E-state index contributed by atoms with van der Waals surface area (Å²) in [6, 6.07) is 16.9. The summed E-state index contributed by atoms with van der Waals surface area (Å²) in [7, 11) is 0. The SMILES string of the molecule is CCOC(=O)[C@H](CCc1ccccc1)N[C@@H](C)C(=O)N(CC(=O)O)c1ccccc1. The maximum atomic E-state index is 13.0. The van der Waals surface area contributed by atoms with Crippen LogP contribution in [0.15, 0.2) is 60.7 Å². The van der Waals surface area contributed by atoms with Gasteiger partial charge in [-0.25, -0.2) is 0 Å². The summed E-state index contributed by atoms with van der Waals surface area (Å²) in [4.78, 5) is 37.9. The molecule has 2 N–H and O–H groups in total. The highest BCUT2D eigenvalue weighted by Crippen LogP contribution is 2.15. The van der Waals surface area contributed by atoms with Crippen LogP contribution in [0, 0.1) is 0 Å². The minimum atomic E-state index is -1.12. The Hall–Kier alpha value is -3.19. The van der Waals surface area contributed by atoms with Gasteiger partial charge in [-0.15, -0.1) is 0 Å². The van der Waals surface area contributed by atoms with Gasteiger partial charge in [0.25, 0.3) is 0 Å². The van der Waals surface area contributed by atoms with Gasteiger partial charge in [0.15, 0.2) is 0 Å². The van der Waals surface area contributed by atoms with Crippen LogP contribution in [0.2, 0.25) is 0 Å². The number of ether oxygens (including phenoxy) is 1. The van der Waals surface area contributed by atoms with Crippen molar-refractivity contribution in [3.05, 3.63) is 66.2 Å². The molecule has 0 aliphatic rings. The number of para-hydroxylation sites is 1. The average Bonchev–Trinajstić information content (AvgIpc) is 2.75. The molecule has 0 fully saturated rings. The van der Waals surface area contributed by atoms with Crippen LogP contribution in [0.3, 0.4) is 0 Å². The molecule has 0 bridgehead atoms. The van der Waals surface area contributed by atoms with Gasteiger partial charge in [0.1, 0.15) is 12.6 Å². The molecule has 0 aliphatic heterocycles. The van der Waals surface area contributed by atoms with Crippen molar-refractivity contribution in [1.82, 2.24) is 5.32 Å². The number of nitrogens with zero attached hydrogens (tertiary/aromatic N) is 1. The standard InChI is InChI=1S/C23H28N2O5/c1-3-30-23(29)20(15-14-18-10-6-4-7-11-18)24-17(2)22(28)25(16-21(26)27)19-12-8-5-9-13-19/h4-13,17,20,24H,3,14-16H2,1-2H3,(H,26,27)/t17-,20-/m0/s1. The Morgan fingerprint density at radius 3 is 2.20 bits per heavy atom. The van der Waals surface area contributed by atoms with E-state index in [-0.39, 0.29) is 6.61 Å². The zero-order valence-corrected chi connectivity index (χ0v) is 17.3. The van der Waals surface area contributed by atoms with E-state index < -0.39 is 36.5 Å². The summed E-state index contributed by atoms with van der Waals surface area (Å²) in [6.07, 6.45) is 1.08. The summed E-state index contributed by atoms with van der Waals surface area (Å²) < 4.78 is 5.16. The molecule has 7 heteroatoms. The van der Waals surface area contributed by atoms with E-state index in [4.69, 9.17) is 4.74 Å². The van der Waals surface area contributed by atoms with Crippen molar-refractivity contribution in [3.63, 3.8) is 0 Å². The first-order valence-electron chi connectivity index (χ1n) is 9.97. The molecule has 2 aromatic carbocycles. The monoisotopic (exact) mass is 412 g/mol. The Labute approximate surface area is 176 Å². The van der Waals surface area contributed by atoms with Crippen molar-refractivity contribution in [2.45, 2.75) is 38.8 Å². The van der Waals surface area contributed by atoms with E-state index >= 15 is 0 Å². The highest BCUT2D eigenvalue weighted by molar-refractivity contribution is 6.00. The summed E-state index contributed by atoms with van der Waals surface area (Å²) >= 11 is 0. The Morgan fingerprint density at radius 1 is 1.03 bits per heavy atom. The summed E-state index contributed by atoms with van der Waals surface area (Å²) in [5.41, 5.74) is 1.56. The van der Waals surface area contributed by atoms with Crippen molar-refractivity contribution in [2.24, 2.45) is 0 Å². The van der Waals surface area contributed by atoms with Gasteiger partial charge in [0.05, 0.1) is 12.6 Å². The molecule has 30 heavy (non-hydrogen) atoms. The molecule has 2 aromatic rings. The van der Waals surface area contributed by atoms with Crippen LogP contribution in [-0.4, -0.2) is 48.2 Å². The molecule has 2 atom stereocenters. The van der Waals surface area contributed by atoms with E-state index in [0.29, 0.717) is 18.5 Å². The number of hydrogen-bond acceptors (Lipinski definition) is 5. The number of anilines is 1. The second-order valence-electron chi connectivity index (χ2n) is 6.87. The molecular formula is C23H28N2O5. The van der Waals surface area contributed by atoms with Crippen LogP contribution in [-0.2, 0) is 25.5 Å². The Kier molecular flexibility index (Phi) is 9.03. The highest BCUT2D eigenvalue weighted by Gasteiger charge is 2.28. The van der Waals surface area contributed by atoms with Gasteiger partial charge >= 0.3 is 11.9 Å². The number of aliphatic carboxylic acids is 1. The lowest BCUT2D eigenvalue weighted by Crippen LogP contribution is -2.52. The smallest absolute Gasteiger partial charge is 0.323 e. The quantitative estimate of drug-likeness (QED) is 0.551. The molecule has 0 aliphatic carbocycles. The average molecular weight is 412 g/mol. The van der Waals surface area contributed by atoms with E-state index in [1.807, 2.05) is 30.3 Å². The maximum absolute atomic E-state index is 13.0. The molecule has 0 unspecified atom stereocenters. The minimum Gasteiger partial charge on any atom is -0.480 e. The number of carbonyl (C=O) groups is 3. The Morgan fingerprint density at radius 2 is 1.63 bits per heavy atom. The fraction of sp³-hybridized carbons (Fsp3) is 0.348. The van der Waals surface area contributed by atoms with Gasteiger partial charge < -0.3 is 9.84 Å². The van der Waals surface area contributed by atoms with Gasteiger partial charge in [0, 0.05) is 5.69 Å². The number of amides is 1. The van der Waals surface area contributed by atoms with Gasteiger partial charge in [0.2, 0.25) is 5.91 Å². The molecule has 2 rings (SSSR count). The predicted octanol–water partition coefficient (Wildman–Crippen LogP) is 2.65. The number of nitrogens with one attached hydrogen (secondary N) is 1. The van der Waals surface area contributed by atoms with Crippen LogP contribution in [0.1, 0.15) is 25.8 Å². The number of aryl methyl sites for hydroxylation is 1. The number of hydrogen-bond donors (Lipinski definition) is 2. The van der Waals surface area contributed by atoms with Crippen molar-refractivity contribution in [1.29, 1.82) is 0 Å². The fourth-order valence-electron chi connectivity index (χ4n) is 3.11. The molecule has 0 heterocycles. The Balaban J connectivity index is 2.12. The zero-order chi connectivity index (χ0) is 21.9. The van der Waals surface area contributed by atoms with E-state index in [0.717, 1.165) is 5.56 Å². The topological polar surface area (TPSA) is 95.9 Å². The van der Waals surface area contributed by atoms with Gasteiger partial charge in [-0.1, -0.05) is 48.5 Å². The van der Waals surface area contributed by atoms with Crippen LogP contribution < -0.4 is 10.2 Å². The third-order valence-electron chi connectivity index (χ3n) is 4.58. The number of carboxylic acids is 1. The first kappa shape index (κ1) is 23.1. The van der Waals surface area contributed by atoms with Crippen molar-refractivity contribution >= 4 is 23.5 Å². The molecular weight excluding hydrogens is 384 g/mol. The number of esters is 1. The van der Waals surface area contributed by atoms with Crippen molar-refractivity contribution < 1.29 is 24.2 Å². The third-order valence-corrected chi connectivity index (χ3v) is 4.58. The lowest BCUT2D eigenvalue weighted by molar-refractivity contribution is -0.146. The molecule has 160 valence electrons. The molecule has 1 amide bonds.